The van der Waals surface area contributed by atoms with E-state index in [1.807, 2.05) is 18.2 Å². The van der Waals surface area contributed by atoms with Gasteiger partial charge in [0.1, 0.15) is 0 Å². The molecule has 0 aliphatic heterocycles. The van der Waals surface area contributed by atoms with E-state index >= 15 is 0 Å². The van der Waals surface area contributed by atoms with Crippen molar-refractivity contribution in [1.82, 2.24) is 5.43 Å². The Kier molecular flexibility index (Phi) is 4.78. The zero-order valence-corrected chi connectivity index (χ0v) is 13.1. The van der Waals surface area contributed by atoms with Crippen LogP contribution in [0.5, 0.6) is 0 Å². The molecule has 1 aromatic rings. The number of halogens is 2. The second-order valence-electron chi connectivity index (χ2n) is 6.32. The van der Waals surface area contributed by atoms with Gasteiger partial charge in [-0.15, -0.1) is 0 Å². The highest BCUT2D eigenvalue weighted by molar-refractivity contribution is 6.42. The van der Waals surface area contributed by atoms with Crippen LogP contribution >= 0.6 is 23.2 Å². The van der Waals surface area contributed by atoms with Crippen LogP contribution in [0.3, 0.4) is 0 Å². The minimum Gasteiger partial charge on any atom is -0.271 e. The van der Waals surface area contributed by atoms with E-state index in [-0.39, 0.29) is 6.04 Å². The summed E-state index contributed by atoms with van der Waals surface area (Å²) < 4.78 is 0. The highest BCUT2D eigenvalue weighted by atomic mass is 35.5. The van der Waals surface area contributed by atoms with Crippen molar-refractivity contribution in [3.05, 3.63) is 33.8 Å². The average molecular weight is 301 g/mol. The fourth-order valence-corrected chi connectivity index (χ4v) is 3.27. The highest BCUT2D eigenvalue weighted by Gasteiger charge is 2.31. The van der Waals surface area contributed by atoms with Gasteiger partial charge in [0, 0.05) is 6.04 Å². The molecule has 2 nitrogen and oxygen atoms in total. The molecule has 1 atom stereocenters. The van der Waals surface area contributed by atoms with Crippen molar-refractivity contribution in [2.45, 2.75) is 45.6 Å². The Morgan fingerprint density at radius 1 is 1.21 bits per heavy atom. The first-order chi connectivity index (χ1) is 8.93. The molecule has 106 valence electrons. The zero-order chi connectivity index (χ0) is 14.0. The molecule has 2 rings (SSSR count). The van der Waals surface area contributed by atoms with Gasteiger partial charge in [-0.05, 0) is 54.7 Å². The lowest BCUT2D eigenvalue weighted by atomic mass is 9.70. The Labute approximate surface area is 125 Å². The van der Waals surface area contributed by atoms with Gasteiger partial charge >= 0.3 is 0 Å². The van der Waals surface area contributed by atoms with Crippen LogP contribution in [0.1, 0.15) is 51.1 Å². The van der Waals surface area contributed by atoms with Crippen molar-refractivity contribution in [2.75, 3.05) is 0 Å². The molecule has 1 aliphatic carbocycles. The average Bonchev–Trinajstić information content (AvgIpc) is 2.36. The van der Waals surface area contributed by atoms with E-state index in [2.05, 4.69) is 19.3 Å². The van der Waals surface area contributed by atoms with Crippen LogP contribution in [0.25, 0.3) is 0 Å². The van der Waals surface area contributed by atoms with Crippen molar-refractivity contribution in [1.29, 1.82) is 0 Å². The van der Waals surface area contributed by atoms with Gasteiger partial charge in [-0.25, -0.2) is 0 Å². The lowest BCUT2D eigenvalue weighted by Gasteiger charge is -2.38. The summed E-state index contributed by atoms with van der Waals surface area (Å²) in [5.41, 5.74) is 4.55. The van der Waals surface area contributed by atoms with Gasteiger partial charge in [0.15, 0.2) is 0 Å². The third-order valence-corrected chi connectivity index (χ3v) is 5.08. The summed E-state index contributed by atoms with van der Waals surface area (Å²) in [7, 11) is 0. The van der Waals surface area contributed by atoms with Crippen LogP contribution in [-0.2, 0) is 0 Å². The molecule has 0 heterocycles. The summed E-state index contributed by atoms with van der Waals surface area (Å²) in [6.07, 6.45) is 4.89. The smallest absolute Gasteiger partial charge is 0.0595 e. The number of nitrogens with one attached hydrogen (secondary N) is 1. The molecule has 0 radical (unpaired) electrons. The zero-order valence-electron chi connectivity index (χ0n) is 11.5. The molecule has 1 fully saturated rings. The fraction of sp³-hybridized carbons (Fsp3) is 0.600. The predicted octanol–water partition coefficient (Wildman–Crippen LogP) is 4.71. The Morgan fingerprint density at radius 2 is 1.84 bits per heavy atom. The first-order valence-electron chi connectivity index (χ1n) is 6.84. The second-order valence-corrected chi connectivity index (χ2v) is 7.13. The fourth-order valence-electron chi connectivity index (χ4n) is 2.97. The molecule has 1 aromatic carbocycles. The normalized spacial score (nSPS) is 21.3. The quantitative estimate of drug-likeness (QED) is 0.626. The first-order valence-corrected chi connectivity index (χ1v) is 7.59. The number of nitrogens with two attached hydrogens (primary N) is 1. The van der Waals surface area contributed by atoms with Crippen LogP contribution in [0.15, 0.2) is 18.2 Å². The number of hydrogen-bond acceptors (Lipinski definition) is 2. The van der Waals surface area contributed by atoms with Gasteiger partial charge < -0.3 is 0 Å². The minimum absolute atomic E-state index is 0.158. The maximum atomic E-state index is 6.10. The Balaban J connectivity index is 2.14. The first kappa shape index (κ1) is 15.1. The molecule has 19 heavy (non-hydrogen) atoms. The van der Waals surface area contributed by atoms with E-state index in [4.69, 9.17) is 29.0 Å². The van der Waals surface area contributed by atoms with Crippen LogP contribution in [-0.4, -0.2) is 0 Å². The summed E-state index contributed by atoms with van der Waals surface area (Å²) in [6.45, 7) is 4.68. The molecule has 3 N–H and O–H groups in total. The largest absolute Gasteiger partial charge is 0.271 e. The Morgan fingerprint density at radius 3 is 2.37 bits per heavy atom. The molecule has 0 amide bonds. The highest BCUT2D eigenvalue weighted by Crippen LogP contribution is 2.43. The van der Waals surface area contributed by atoms with Crippen LogP contribution in [0.4, 0.5) is 0 Å². The molecule has 1 saturated carbocycles. The summed E-state index contributed by atoms with van der Waals surface area (Å²) in [5.74, 6) is 6.33. The predicted molar refractivity (Wildman–Crippen MR) is 82.3 cm³/mol. The van der Waals surface area contributed by atoms with E-state index in [9.17, 15) is 0 Å². The van der Waals surface area contributed by atoms with E-state index in [1.165, 1.54) is 25.7 Å². The SMILES string of the molecule is CC1(C)CCC(C(NN)c2ccc(Cl)c(Cl)c2)CC1. The Hall–Kier alpha value is -0.280. The van der Waals surface area contributed by atoms with Crippen molar-refractivity contribution in [3.63, 3.8) is 0 Å². The topological polar surface area (TPSA) is 38.0 Å². The summed E-state index contributed by atoms with van der Waals surface area (Å²) in [5, 5.41) is 1.18. The lowest BCUT2D eigenvalue weighted by Crippen LogP contribution is -2.36. The van der Waals surface area contributed by atoms with Gasteiger partial charge in [0.05, 0.1) is 10.0 Å². The summed E-state index contributed by atoms with van der Waals surface area (Å²) in [6, 6.07) is 5.94. The monoisotopic (exact) mass is 300 g/mol. The summed E-state index contributed by atoms with van der Waals surface area (Å²) >= 11 is 12.1. The number of hydrogen-bond donors (Lipinski definition) is 2. The minimum atomic E-state index is 0.158. The number of benzene rings is 1. The third kappa shape index (κ3) is 3.63. The molecular formula is C15H22Cl2N2. The number of rotatable bonds is 3. The molecule has 0 aromatic heterocycles. The van der Waals surface area contributed by atoms with Gasteiger partial charge in [0.25, 0.3) is 0 Å². The van der Waals surface area contributed by atoms with E-state index in [1.54, 1.807) is 0 Å². The van der Waals surface area contributed by atoms with Crippen molar-refractivity contribution in [2.24, 2.45) is 17.2 Å². The molecule has 1 unspecified atom stereocenters. The van der Waals surface area contributed by atoms with Gasteiger partial charge in [-0.3, -0.25) is 11.3 Å². The lowest BCUT2D eigenvalue weighted by molar-refractivity contribution is 0.161. The van der Waals surface area contributed by atoms with Gasteiger partial charge in [-0.2, -0.15) is 0 Å². The summed E-state index contributed by atoms with van der Waals surface area (Å²) in [4.78, 5) is 0. The van der Waals surface area contributed by atoms with Crippen LogP contribution < -0.4 is 11.3 Å². The van der Waals surface area contributed by atoms with Crippen molar-refractivity contribution < 1.29 is 0 Å². The van der Waals surface area contributed by atoms with E-state index in [0.29, 0.717) is 21.4 Å². The second kappa shape index (κ2) is 6.01. The third-order valence-electron chi connectivity index (χ3n) is 4.34. The standard InChI is InChI=1S/C15H22Cl2N2/c1-15(2)7-5-10(6-8-15)14(19-18)11-3-4-12(16)13(17)9-11/h3-4,9-10,14,19H,5-8,18H2,1-2H3. The maximum absolute atomic E-state index is 6.10. The molecule has 1 aliphatic rings. The molecule has 0 bridgehead atoms. The Bertz CT molecular complexity index is 436. The maximum Gasteiger partial charge on any atom is 0.0595 e. The molecule has 0 spiro atoms. The van der Waals surface area contributed by atoms with E-state index < -0.39 is 0 Å². The van der Waals surface area contributed by atoms with Crippen LogP contribution in [0, 0.1) is 11.3 Å². The molecule has 0 saturated heterocycles. The number of hydrazine groups is 1. The molecule has 4 heteroatoms. The van der Waals surface area contributed by atoms with E-state index in [0.717, 1.165) is 5.56 Å². The van der Waals surface area contributed by atoms with Gasteiger partial charge in [0.2, 0.25) is 0 Å². The van der Waals surface area contributed by atoms with Crippen LogP contribution in [0.2, 0.25) is 10.0 Å². The van der Waals surface area contributed by atoms with Crippen molar-refractivity contribution >= 4 is 23.2 Å². The van der Waals surface area contributed by atoms with Gasteiger partial charge in [-0.1, -0.05) is 43.1 Å². The van der Waals surface area contributed by atoms with Crippen molar-refractivity contribution in [3.8, 4) is 0 Å². The molecular weight excluding hydrogens is 279 g/mol.